The van der Waals surface area contributed by atoms with Crippen molar-refractivity contribution < 1.29 is 67.5 Å². The molecule has 6 aliphatic rings. The van der Waals surface area contributed by atoms with Crippen LogP contribution in [0.25, 0.3) is 0 Å². The van der Waals surface area contributed by atoms with E-state index in [-0.39, 0.29) is 47.9 Å². The second-order valence-corrected chi connectivity index (χ2v) is 19.5. The first-order chi connectivity index (χ1) is 27.2. The van der Waals surface area contributed by atoms with Crippen molar-refractivity contribution in [2.75, 3.05) is 21.3 Å². The van der Waals surface area contributed by atoms with Gasteiger partial charge >= 0.3 is 5.97 Å². The quantitative estimate of drug-likeness (QED) is 0.202. The van der Waals surface area contributed by atoms with Crippen molar-refractivity contribution in [1.29, 1.82) is 0 Å². The van der Waals surface area contributed by atoms with Gasteiger partial charge in [0, 0.05) is 64.3 Å². The van der Waals surface area contributed by atoms with Gasteiger partial charge in [-0.15, -0.1) is 0 Å². The summed E-state index contributed by atoms with van der Waals surface area (Å²) in [5.74, 6) is -4.99. The Morgan fingerprint density at radius 3 is 2.22 bits per heavy atom. The Balaban J connectivity index is 1.26. The zero-order valence-electron chi connectivity index (χ0n) is 37.4. The molecule has 0 unspecified atom stereocenters. The molecule has 6 fully saturated rings. The third kappa shape index (κ3) is 8.30. The predicted octanol–water partition coefficient (Wildman–Crippen LogP) is 5.46. The fraction of sp³-hybridized carbons (Fsp3) is 0.977. The Kier molecular flexibility index (Phi) is 14.1. The monoisotopic (exact) mass is 829 g/mol. The van der Waals surface area contributed by atoms with Crippen LogP contribution in [0.5, 0.6) is 0 Å². The third-order valence-electron chi connectivity index (χ3n) is 15.5. The lowest BCUT2D eigenvalue weighted by Crippen LogP contribution is -2.61. The van der Waals surface area contributed by atoms with E-state index in [9.17, 15) is 20.1 Å². The molecular weight excluding hydrogens is 752 g/mol. The first kappa shape index (κ1) is 46.5. The smallest absolute Gasteiger partial charge is 0.308 e. The van der Waals surface area contributed by atoms with Gasteiger partial charge in [-0.3, -0.25) is 4.79 Å². The SMILES string of the molecule is CC[C@@H](O)[C@]1(C)C[C@H](C)[C@@](O)([C@H]2C[C@H](C)[C@H]([C@]3(C)C[C@@H](O[C@H]4CC[C@H](OC)[C@@H](C)O4)[C@H]([C@@H]4CC[C@@]5(O[C@H]([C@@H](C)[C@@H](OC)[C@H](C)C(=O)O)[C@H](C)[C@@H](OC)[C@H]5C)O4)O3)O2)O1. The maximum Gasteiger partial charge on any atom is 0.308 e. The van der Waals surface area contributed by atoms with E-state index in [1.165, 1.54) is 0 Å². The highest BCUT2D eigenvalue weighted by molar-refractivity contribution is 5.70. The number of hydrogen-bond donors (Lipinski definition) is 3. The molecule has 58 heavy (non-hydrogen) atoms. The van der Waals surface area contributed by atoms with Gasteiger partial charge in [0.25, 0.3) is 0 Å². The molecule has 0 aliphatic carbocycles. The minimum atomic E-state index is -1.57. The van der Waals surface area contributed by atoms with Crippen molar-refractivity contribution in [3.8, 4) is 0 Å². The van der Waals surface area contributed by atoms with Crippen LogP contribution in [-0.2, 0) is 52.2 Å². The van der Waals surface area contributed by atoms with Gasteiger partial charge in [-0.1, -0.05) is 41.5 Å². The molecule has 336 valence electrons. The van der Waals surface area contributed by atoms with Gasteiger partial charge in [-0.25, -0.2) is 0 Å². The summed E-state index contributed by atoms with van der Waals surface area (Å²) < 4.78 is 65.7. The summed E-state index contributed by atoms with van der Waals surface area (Å²) in [7, 11) is 4.97. The summed E-state index contributed by atoms with van der Waals surface area (Å²) in [5, 5.41) is 32.9. The van der Waals surface area contributed by atoms with Gasteiger partial charge in [0.2, 0.25) is 0 Å². The Bertz CT molecular complexity index is 1400. The highest BCUT2D eigenvalue weighted by Gasteiger charge is 2.65. The zero-order chi connectivity index (χ0) is 42.7. The molecule has 0 aromatic carbocycles. The van der Waals surface area contributed by atoms with Crippen molar-refractivity contribution >= 4 is 5.97 Å². The minimum absolute atomic E-state index is 0.0104. The van der Waals surface area contributed by atoms with E-state index in [1.54, 1.807) is 28.3 Å². The number of aliphatic carboxylic acids is 1. The van der Waals surface area contributed by atoms with E-state index in [2.05, 4.69) is 27.7 Å². The van der Waals surface area contributed by atoms with Crippen LogP contribution < -0.4 is 0 Å². The van der Waals surface area contributed by atoms with Crippen LogP contribution >= 0.6 is 0 Å². The minimum Gasteiger partial charge on any atom is -0.481 e. The normalized spacial score (nSPS) is 50.6. The maximum absolute atomic E-state index is 12.1. The number of carbonyl (C=O) groups is 1. The van der Waals surface area contributed by atoms with E-state index in [0.717, 1.165) is 6.42 Å². The highest BCUT2D eigenvalue weighted by Crippen LogP contribution is 2.55. The molecule has 6 aliphatic heterocycles. The lowest BCUT2D eigenvalue weighted by Gasteiger charge is -2.52. The average Bonchev–Trinajstić information content (AvgIpc) is 3.93. The maximum atomic E-state index is 12.1. The molecule has 1 spiro atoms. The summed E-state index contributed by atoms with van der Waals surface area (Å²) >= 11 is 0. The van der Waals surface area contributed by atoms with Crippen molar-refractivity contribution in [3.63, 3.8) is 0 Å². The molecule has 6 saturated heterocycles. The molecule has 0 saturated carbocycles. The van der Waals surface area contributed by atoms with E-state index < -0.39 is 89.8 Å². The van der Waals surface area contributed by atoms with Crippen molar-refractivity contribution in [2.45, 2.75) is 217 Å². The van der Waals surface area contributed by atoms with Gasteiger partial charge < -0.3 is 62.7 Å². The second-order valence-electron chi connectivity index (χ2n) is 19.5. The van der Waals surface area contributed by atoms with E-state index in [1.807, 2.05) is 34.6 Å². The Labute approximate surface area is 346 Å². The third-order valence-corrected chi connectivity index (χ3v) is 15.5. The van der Waals surface area contributed by atoms with Crippen LogP contribution in [0, 0.1) is 35.5 Å². The molecular formula is C44H76O14. The lowest BCUT2D eigenvalue weighted by molar-refractivity contribution is -0.349. The first-order valence-corrected chi connectivity index (χ1v) is 22.1. The molecule has 0 aromatic rings. The van der Waals surface area contributed by atoms with Crippen LogP contribution in [0.1, 0.15) is 121 Å². The van der Waals surface area contributed by atoms with Gasteiger partial charge in [0.15, 0.2) is 17.9 Å². The number of hydrogen-bond acceptors (Lipinski definition) is 13. The van der Waals surface area contributed by atoms with Gasteiger partial charge in [0.05, 0.1) is 72.1 Å². The highest BCUT2D eigenvalue weighted by atomic mass is 16.7. The van der Waals surface area contributed by atoms with Crippen LogP contribution in [-0.4, -0.2) is 139 Å². The number of carboxylic acid groups (broad SMARTS) is 1. The summed E-state index contributed by atoms with van der Waals surface area (Å²) in [6.45, 7) is 19.8. The second kappa shape index (κ2) is 17.6. The first-order valence-electron chi connectivity index (χ1n) is 22.1. The number of carboxylic acids is 1. The molecule has 0 amide bonds. The Morgan fingerprint density at radius 2 is 1.62 bits per heavy atom. The predicted molar refractivity (Wildman–Crippen MR) is 212 cm³/mol. The number of aliphatic hydroxyl groups excluding tert-OH is 1. The Morgan fingerprint density at radius 1 is 0.914 bits per heavy atom. The summed E-state index contributed by atoms with van der Waals surface area (Å²) in [6.07, 6.45) is -0.0850. The molecule has 0 aromatic heterocycles. The largest absolute Gasteiger partial charge is 0.481 e. The molecule has 6 heterocycles. The summed E-state index contributed by atoms with van der Waals surface area (Å²) in [5.41, 5.74) is -1.70. The topological polar surface area (TPSA) is 170 Å². The van der Waals surface area contributed by atoms with Crippen LogP contribution in [0.2, 0.25) is 0 Å². The van der Waals surface area contributed by atoms with Crippen LogP contribution in [0.4, 0.5) is 0 Å². The van der Waals surface area contributed by atoms with E-state index >= 15 is 0 Å². The molecule has 14 heteroatoms. The molecule has 0 radical (unpaired) electrons. The van der Waals surface area contributed by atoms with Crippen molar-refractivity contribution in [1.82, 2.24) is 0 Å². The van der Waals surface area contributed by atoms with Crippen molar-refractivity contribution in [3.05, 3.63) is 0 Å². The van der Waals surface area contributed by atoms with Gasteiger partial charge in [-0.2, -0.15) is 0 Å². The molecule has 0 bridgehead atoms. The lowest BCUT2D eigenvalue weighted by atomic mass is 9.74. The molecule has 14 nitrogen and oxygen atoms in total. The van der Waals surface area contributed by atoms with E-state index in [0.29, 0.717) is 44.9 Å². The summed E-state index contributed by atoms with van der Waals surface area (Å²) in [4.78, 5) is 12.1. The number of ether oxygens (including phenoxy) is 10. The van der Waals surface area contributed by atoms with Crippen LogP contribution in [0.3, 0.4) is 0 Å². The van der Waals surface area contributed by atoms with Gasteiger partial charge in [0.1, 0.15) is 12.2 Å². The van der Waals surface area contributed by atoms with E-state index in [4.69, 9.17) is 47.4 Å². The molecule has 6 rings (SSSR count). The van der Waals surface area contributed by atoms with Crippen LogP contribution in [0.15, 0.2) is 0 Å². The van der Waals surface area contributed by atoms with Gasteiger partial charge in [-0.05, 0) is 65.7 Å². The zero-order valence-corrected chi connectivity index (χ0v) is 37.4. The number of rotatable bonds is 14. The fourth-order valence-corrected chi connectivity index (χ4v) is 12.2. The Hall–Kier alpha value is -1.01. The average molecular weight is 829 g/mol. The molecule has 3 N–H and O–H groups in total. The van der Waals surface area contributed by atoms with Crippen molar-refractivity contribution in [2.24, 2.45) is 35.5 Å². The standard InChI is InChI=1S/C44H76O14/c1-14-32(45)41(9)20-23(3)44(48,58-41)33-19-22(2)39(54-33)42(10)21-31(53-34-16-15-29(49-11)28(8)52-34)38(56-42)30-17-18-43(55-30)27(7)37(51-13)25(5)36(57-43)24(4)35(50-12)26(6)40(46)47/h22-39,45,48H,14-21H2,1-13H3,(H,46,47)/t22-,23-,24-,25-,26-,27+,28+,29-,30-,31+,32+,33+,34-,35+,36+,37+,38-,39+,41-,42-,43-,44-/m0/s1. The number of aliphatic hydroxyl groups is 2. The number of methoxy groups -OCH3 is 3. The fourth-order valence-electron chi connectivity index (χ4n) is 12.2. The summed E-state index contributed by atoms with van der Waals surface area (Å²) in [6, 6.07) is 0. The molecule has 22 atom stereocenters.